The Morgan fingerprint density at radius 2 is 2.10 bits per heavy atom. The molecule has 164 valence electrons. The number of amides is 1. The first-order valence-corrected chi connectivity index (χ1v) is 10.7. The Morgan fingerprint density at radius 1 is 1.29 bits per heavy atom. The normalized spacial score (nSPS) is 17.2. The van der Waals surface area contributed by atoms with E-state index in [-0.39, 0.29) is 23.5 Å². The van der Waals surface area contributed by atoms with Crippen LogP contribution in [0.15, 0.2) is 36.7 Å². The zero-order valence-corrected chi connectivity index (χ0v) is 17.5. The fourth-order valence-corrected chi connectivity index (χ4v) is 4.62. The van der Waals surface area contributed by atoms with Gasteiger partial charge >= 0.3 is 12.1 Å². The smallest absolute Gasteiger partial charge is 0.416 e. The van der Waals surface area contributed by atoms with Gasteiger partial charge in [-0.2, -0.15) is 13.2 Å². The number of halogens is 3. The van der Waals surface area contributed by atoms with Crippen LogP contribution < -0.4 is 0 Å². The van der Waals surface area contributed by atoms with Crippen molar-refractivity contribution in [3.8, 4) is 10.4 Å². The number of nitrogens with zero attached hydrogens (tertiary/aromatic N) is 3. The van der Waals surface area contributed by atoms with Crippen molar-refractivity contribution < 1.29 is 27.5 Å². The average Bonchev–Trinajstić information content (AvgIpc) is 3.32. The molecule has 10 heteroatoms. The van der Waals surface area contributed by atoms with Gasteiger partial charge in [0.25, 0.3) is 5.91 Å². The number of piperidine rings is 1. The van der Waals surface area contributed by atoms with Crippen LogP contribution in [-0.4, -0.2) is 45.9 Å². The highest BCUT2D eigenvalue weighted by Crippen LogP contribution is 2.34. The van der Waals surface area contributed by atoms with Crippen LogP contribution in [0.25, 0.3) is 15.4 Å². The maximum Gasteiger partial charge on any atom is 0.416 e. The summed E-state index contributed by atoms with van der Waals surface area (Å²) in [5.74, 6) is -0.907. The van der Waals surface area contributed by atoms with Crippen LogP contribution in [0, 0.1) is 5.92 Å². The second kappa shape index (κ2) is 8.33. The third kappa shape index (κ3) is 4.43. The molecule has 1 aromatic carbocycles. The third-order valence-corrected chi connectivity index (χ3v) is 6.22. The second-order valence-corrected chi connectivity index (χ2v) is 8.34. The molecular weight excluding hydrogens is 431 g/mol. The first kappa shape index (κ1) is 21.4. The molecule has 0 radical (unpaired) electrons. The summed E-state index contributed by atoms with van der Waals surface area (Å²) in [6.45, 7) is 2.87. The van der Waals surface area contributed by atoms with Gasteiger partial charge in [-0.25, -0.2) is 4.98 Å². The molecule has 3 heterocycles. The number of carbonyl (C=O) groups is 2. The van der Waals surface area contributed by atoms with E-state index < -0.39 is 11.7 Å². The number of imidazole rings is 1. The van der Waals surface area contributed by atoms with Gasteiger partial charge in [0.2, 0.25) is 0 Å². The number of likely N-dealkylation sites (tertiary alicyclic amines) is 1. The van der Waals surface area contributed by atoms with Crippen molar-refractivity contribution in [1.29, 1.82) is 0 Å². The van der Waals surface area contributed by atoms with Crippen LogP contribution in [0.4, 0.5) is 13.2 Å². The minimum absolute atomic E-state index is 0.242. The molecule has 1 aliphatic rings. The lowest BCUT2D eigenvalue weighted by atomic mass is 9.98. The summed E-state index contributed by atoms with van der Waals surface area (Å²) < 4.78 is 45.7. The van der Waals surface area contributed by atoms with E-state index in [0.29, 0.717) is 47.9 Å². The number of hydrogen-bond acceptors (Lipinski definition) is 5. The topological polar surface area (TPSA) is 63.9 Å². The lowest BCUT2D eigenvalue weighted by Crippen LogP contribution is -2.43. The van der Waals surface area contributed by atoms with Crippen molar-refractivity contribution in [3.63, 3.8) is 0 Å². The van der Waals surface area contributed by atoms with Crippen molar-refractivity contribution in [3.05, 3.63) is 47.9 Å². The molecule has 1 amide bonds. The molecule has 4 rings (SSSR count). The summed E-state index contributed by atoms with van der Waals surface area (Å²) in [6.07, 6.45) is 0.206. The number of carbonyl (C=O) groups excluding carboxylic acids is 2. The van der Waals surface area contributed by atoms with Gasteiger partial charge in [-0.05, 0) is 37.5 Å². The van der Waals surface area contributed by atoms with Gasteiger partial charge in [-0.15, -0.1) is 0 Å². The van der Waals surface area contributed by atoms with E-state index >= 15 is 0 Å². The quantitative estimate of drug-likeness (QED) is 0.548. The number of alkyl halides is 3. The van der Waals surface area contributed by atoms with Crippen LogP contribution in [0.2, 0.25) is 0 Å². The number of hydrogen-bond donors (Lipinski definition) is 0. The monoisotopic (exact) mass is 451 g/mol. The first-order chi connectivity index (χ1) is 14.8. The molecular formula is C21H20F3N3O3S. The highest BCUT2D eigenvalue weighted by Gasteiger charge is 2.32. The molecule has 1 saturated heterocycles. The summed E-state index contributed by atoms with van der Waals surface area (Å²) in [6, 6.07) is 5.10. The summed E-state index contributed by atoms with van der Waals surface area (Å²) in [7, 11) is 0. The minimum Gasteiger partial charge on any atom is -0.466 e. The molecule has 1 unspecified atom stereocenters. The number of benzene rings is 1. The lowest BCUT2D eigenvalue weighted by molar-refractivity contribution is -0.149. The number of fused-ring (bicyclic) bond motifs is 1. The number of aromatic nitrogens is 2. The fraction of sp³-hybridized carbons (Fsp3) is 0.381. The van der Waals surface area contributed by atoms with Crippen molar-refractivity contribution in [2.24, 2.45) is 5.92 Å². The van der Waals surface area contributed by atoms with Crippen molar-refractivity contribution >= 4 is 28.2 Å². The van der Waals surface area contributed by atoms with Crippen LogP contribution in [0.5, 0.6) is 0 Å². The number of esters is 1. The molecule has 0 bridgehead atoms. The van der Waals surface area contributed by atoms with Crippen molar-refractivity contribution in [2.45, 2.75) is 25.9 Å². The molecule has 6 nitrogen and oxygen atoms in total. The molecule has 31 heavy (non-hydrogen) atoms. The van der Waals surface area contributed by atoms with E-state index in [1.165, 1.54) is 17.4 Å². The molecule has 2 aromatic heterocycles. The molecule has 1 aliphatic heterocycles. The van der Waals surface area contributed by atoms with E-state index in [4.69, 9.17) is 4.74 Å². The highest BCUT2D eigenvalue weighted by atomic mass is 32.1. The third-order valence-electron chi connectivity index (χ3n) is 5.18. The van der Waals surface area contributed by atoms with Crippen LogP contribution in [-0.2, 0) is 15.7 Å². The lowest BCUT2D eigenvalue weighted by Gasteiger charge is -2.31. The van der Waals surface area contributed by atoms with Gasteiger partial charge in [-0.3, -0.25) is 14.0 Å². The van der Waals surface area contributed by atoms with Gasteiger partial charge in [0.1, 0.15) is 5.69 Å². The maximum absolute atomic E-state index is 13.0. The van der Waals surface area contributed by atoms with Crippen molar-refractivity contribution in [2.75, 3.05) is 19.7 Å². The average molecular weight is 451 g/mol. The number of thiazole rings is 1. The Morgan fingerprint density at radius 3 is 2.81 bits per heavy atom. The Kier molecular flexibility index (Phi) is 5.74. The van der Waals surface area contributed by atoms with Crippen LogP contribution in [0.1, 0.15) is 35.8 Å². The van der Waals surface area contributed by atoms with Crippen LogP contribution in [0.3, 0.4) is 0 Å². The Hall–Kier alpha value is -2.88. The number of ether oxygens (including phenoxy) is 1. The molecule has 0 saturated carbocycles. The molecule has 3 aromatic rings. The molecule has 0 spiro atoms. The molecule has 1 fully saturated rings. The maximum atomic E-state index is 13.0. The minimum atomic E-state index is -4.41. The summed E-state index contributed by atoms with van der Waals surface area (Å²) >= 11 is 1.21. The van der Waals surface area contributed by atoms with Gasteiger partial charge in [-0.1, -0.05) is 23.5 Å². The largest absolute Gasteiger partial charge is 0.466 e. The van der Waals surface area contributed by atoms with E-state index in [0.717, 1.165) is 12.1 Å². The van der Waals surface area contributed by atoms with E-state index in [9.17, 15) is 22.8 Å². The zero-order valence-electron chi connectivity index (χ0n) is 16.7. The first-order valence-electron chi connectivity index (χ1n) is 9.88. The van der Waals surface area contributed by atoms with E-state index in [2.05, 4.69) is 4.98 Å². The predicted octanol–water partition coefficient (Wildman–Crippen LogP) is 4.50. The summed E-state index contributed by atoms with van der Waals surface area (Å²) in [5, 5.41) is 0. The van der Waals surface area contributed by atoms with Gasteiger partial charge in [0, 0.05) is 25.5 Å². The summed E-state index contributed by atoms with van der Waals surface area (Å²) in [5.41, 5.74) is -0.0361. The van der Waals surface area contributed by atoms with Crippen molar-refractivity contribution in [1.82, 2.24) is 14.3 Å². The second-order valence-electron chi connectivity index (χ2n) is 7.33. The predicted molar refractivity (Wildman–Crippen MR) is 109 cm³/mol. The standard InChI is InChI=1S/C21H20F3N3O3S/c1-2-30-19(29)14-6-4-8-26(10-14)18(28)16-11-27-12-17(31-20(27)25-16)13-5-3-7-15(9-13)21(22,23)24/h3,5,7,9,11-12,14H,2,4,6,8,10H2,1H3. The summed E-state index contributed by atoms with van der Waals surface area (Å²) in [4.78, 5) is 32.0. The Balaban J connectivity index is 1.53. The highest BCUT2D eigenvalue weighted by molar-refractivity contribution is 7.20. The molecule has 1 atom stereocenters. The number of rotatable bonds is 4. The van der Waals surface area contributed by atoms with Gasteiger partial charge in [0.15, 0.2) is 4.96 Å². The fourth-order valence-electron chi connectivity index (χ4n) is 3.66. The molecule has 0 aliphatic carbocycles. The van der Waals surface area contributed by atoms with Gasteiger partial charge < -0.3 is 9.64 Å². The molecule has 0 N–H and O–H groups in total. The van der Waals surface area contributed by atoms with E-state index in [1.54, 1.807) is 34.7 Å². The van der Waals surface area contributed by atoms with Crippen LogP contribution >= 0.6 is 11.3 Å². The Bertz CT molecular complexity index is 1090. The zero-order chi connectivity index (χ0) is 22.2. The SMILES string of the molecule is CCOC(=O)C1CCCN(C(=O)c2cn3cc(-c4cccc(C(F)(F)F)c4)sc3n2)C1. The Labute approximate surface area is 180 Å². The van der Waals surface area contributed by atoms with Gasteiger partial charge in [0.05, 0.1) is 23.0 Å². The van der Waals surface area contributed by atoms with E-state index in [1.807, 2.05) is 0 Å².